The summed E-state index contributed by atoms with van der Waals surface area (Å²) in [7, 11) is 0. The van der Waals surface area contributed by atoms with Crippen LogP contribution in [0.25, 0.3) is 10.9 Å². The molecular formula is C16H16N4O4. The van der Waals surface area contributed by atoms with Gasteiger partial charge in [0, 0.05) is 12.1 Å². The fraction of sp³-hybridized carbons (Fsp3) is 0.250. The molecule has 3 rings (SSSR count). The van der Waals surface area contributed by atoms with Gasteiger partial charge in [0.2, 0.25) is 0 Å². The van der Waals surface area contributed by atoms with E-state index in [-0.39, 0.29) is 18.0 Å². The summed E-state index contributed by atoms with van der Waals surface area (Å²) in [6.45, 7) is 5.41. The van der Waals surface area contributed by atoms with Gasteiger partial charge in [0.1, 0.15) is 11.4 Å². The van der Waals surface area contributed by atoms with Crippen LogP contribution < -0.4 is 16.6 Å². The van der Waals surface area contributed by atoms with Gasteiger partial charge in [0.25, 0.3) is 11.5 Å². The summed E-state index contributed by atoms with van der Waals surface area (Å²) >= 11 is 0. The molecule has 0 bridgehead atoms. The van der Waals surface area contributed by atoms with E-state index in [1.54, 1.807) is 20.8 Å². The van der Waals surface area contributed by atoms with Crippen molar-refractivity contribution in [3.05, 3.63) is 56.1 Å². The van der Waals surface area contributed by atoms with Crippen LogP contribution in [-0.2, 0) is 6.54 Å². The lowest BCUT2D eigenvalue weighted by Gasteiger charge is -2.07. The van der Waals surface area contributed by atoms with Gasteiger partial charge in [-0.1, -0.05) is 5.16 Å². The number of aromatic amines is 1. The Hall–Kier alpha value is -3.16. The lowest BCUT2D eigenvalue weighted by atomic mass is 10.1. The van der Waals surface area contributed by atoms with Crippen molar-refractivity contribution in [3.63, 3.8) is 0 Å². The summed E-state index contributed by atoms with van der Waals surface area (Å²) in [6.07, 6.45) is 0. The van der Waals surface area contributed by atoms with Crippen LogP contribution >= 0.6 is 0 Å². The van der Waals surface area contributed by atoms with Gasteiger partial charge < -0.3 is 14.8 Å². The molecule has 8 nitrogen and oxygen atoms in total. The number of hydrogen-bond acceptors (Lipinski definition) is 5. The van der Waals surface area contributed by atoms with Crippen LogP contribution in [0.5, 0.6) is 0 Å². The molecule has 24 heavy (non-hydrogen) atoms. The second-order valence-corrected chi connectivity index (χ2v) is 5.39. The van der Waals surface area contributed by atoms with Crippen LogP contribution in [0.1, 0.15) is 28.7 Å². The number of H-pyrrole nitrogens is 1. The number of hydrogen-bond donors (Lipinski definition) is 2. The molecule has 1 amide bonds. The van der Waals surface area contributed by atoms with Crippen molar-refractivity contribution in [2.24, 2.45) is 0 Å². The minimum atomic E-state index is -0.502. The summed E-state index contributed by atoms with van der Waals surface area (Å²) < 4.78 is 6.11. The number of aromatic nitrogens is 3. The summed E-state index contributed by atoms with van der Waals surface area (Å²) in [5.74, 6) is 0.118. The van der Waals surface area contributed by atoms with Crippen molar-refractivity contribution in [2.45, 2.75) is 27.3 Å². The van der Waals surface area contributed by atoms with E-state index in [2.05, 4.69) is 15.5 Å². The van der Waals surface area contributed by atoms with E-state index in [9.17, 15) is 14.4 Å². The molecular weight excluding hydrogens is 312 g/mol. The molecule has 0 atom stereocenters. The summed E-state index contributed by atoms with van der Waals surface area (Å²) in [6, 6.07) is 4.54. The Morgan fingerprint density at radius 1 is 1.33 bits per heavy atom. The first kappa shape index (κ1) is 15.7. The molecule has 0 aliphatic carbocycles. The molecule has 0 radical (unpaired) electrons. The van der Waals surface area contributed by atoms with Crippen molar-refractivity contribution in [3.8, 4) is 0 Å². The summed E-state index contributed by atoms with van der Waals surface area (Å²) in [5.41, 5.74) is 0.830. The molecule has 1 aromatic carbocycles. The first-order chi connectivity index (χ1) is 11.4. The number of carbonyl (C=O) groups is 1. The average Bonchev–Trinajstić information content (AvgIpc) is 2.86. The highest BCUT2D eigenvalue weighted by Gasteiger charge is 2.15. The zero-order chi connectivity index (χ0) is 17.4. The van der Waals surface area contributed by atoms with Crippen LogP contribution in [-0.4, -0.2) is 20.6 Å². The standard InChI is InChI=1S/C16H16N4O4/c1-4-20-15(22)11-6-5-10(7-12(11)17-16(20)23)14(21)18-13-8(2)19-24-9(13)3/h5-7H,4H2,1-3H3,(H,17,23)(H,18,21). The highest BCUT2D eigenvalue weighted by Crippen LogP contribution is 2.20. The second kappa shape index (κ2) is 5.80. The van der Waals surface area contributed by atoms with Gasteiger partial charge in [-0.25, -0.2) is 4.79 Å². The Labute approximate surface area is 136 Å². The highest BCUT2D eigenvalue weighted by atomic mass is 16.5. The first-order valence-corrected chi connectivity index (χ1v) is 7.43. The number of anilines is 1. The zero-order valence-electron chi connectivity index (χ0n) is 13.5. The van der Waals surface area contributed by atoms with Gasteiger partial charge in [-0.05, 0) is 39.0 Å². The molecule has 0 aliphatic rings. The average molecular weight is 328 g/mol. The molecule has 3 aromatic rings. The van der Waals surface area contributed by atoms with Crippen LogP contribution in [0.3, 0.4) is 0 Å². The van der Waals surface area contributed by atoms with Gasteiger partial charge in [-0.15, -0.1) is 0 Å². The topological polar surface area (TPSA) is 110 Å². The number of aryl methyl sites for hydroxylation is 2. The van der Waals surface area contributed by atoms with Crippen molar-refractivity contribution in [2.75, 3.05) is 5.32 Å². The molecule has 2 heterocycles. The molecule has 0 fully saturated rings. The van der Waals surface area contributed by atoms with Gasteiger partial charge in [-0.2, -0.15) is 0 Å². The second-order valence-electron chi connectivity index (χ2n) is 5.39. The van der Waals surface area contributed by atoms with Crippen LogP contribution in [0.15, 0.2) is 32.3 Å². The third-order valence-corrected chi connectivity index (χ3v) is 3.83. The van der Waals surface area contributed by atoms with Crippen LogP contribution in [0.4, 0.5) is 5.69 Å². The third-order valence-electron chi connectivity index (χ3n) is 3.83. The Morgan fingerprint density at radius 3 is 2.71 bits per heavy atom. The highest BCUT2D eigenvalue weighted by molar-refractivity contribution is 6.06. The normalized spacial score (nSPS) is 11.0. The summed E-state index contributed by atoms with van der Waals surface area (Å²) in [5, 5.41) is 6.85. The number of fused-ring (bicyclic) bond motifs is 1. The van der Waals surface area contributed by atoms with E-state index in [0.29, 0.717) is 33.6 Å². The Kier molecular flexibility index (Phi) is 3.80. The molecule has 2 aromatic heterocycles. The molecule has 0 spiro atoms. The Balaban J connectivity index is 2.04. The van der Waals surface area contributed by atoms with Crippen molar-refractivity contribution < 1.29 is 9.32 Å². The van der Waals surface area contributed by atoms with E-state index in [0.717, 1.165) is 4.57 Å². The Bertz CT molecular complexity index is 1040. The maximum atomic E-state index is 12.4. The van der Waals surface area contributed by atoms with E-state index in [1.165, 1.54) is 18.2 Å². The minimum Gasteiger partial charge on any atom is -0.359 e. The number of benzene rings is 1. The predicted molar refractivity (Wildman–Crippen MR) is 88.4 cm³/mol. The quantitative estimate of drug-likeness (QED) is 0.758. The SMILES string of the molecule is CCn1c(=O)[nH]c2cc(C(=O)Nc3c(C)noc3C)ccc2c1=O. The fourth-order valence-electron chi connectivity index (χ4n) is 2.53. The molecule has 8 heteroatoms. The number of carbonyl (C=O) groups excluding carboxylic acids is 1. The fourth-order valence-corrected chi connectivity index (χ4v) is 2.53. The van der Waals surface area contributed by atoms with Gasteiger partial charge >= 0.3 is 5.69 Å². The monoisotopic (exact) mass is 328 g/mol. The van der Waals surface area contributed by atoms with Crippen LogP contribution in [0.2, 0.25) is 0 Å². The predicted octanol–water partition coefficient (Wildman–Crippen LogP) is 1.57. The van der Waals surface area contributed by atoms with Crippen LogP contribution in [0, 0.1) is 13.8 Å². The number of nitrogens with zero attached hydrogens (tertiary/aromatic N) is 2. The molecule has 0 aliphatic heterocycles. The largest absolute Gasteiger partial charge is 0.359 e. The van der Waals surface area contributed by atoms with Crippen molar-refractivity contribution in [1.82, 2.24) is 14.7 Å². The Morgan fingerprint density at radius 2 is 2.08 bits per heavy atom. The molecule has 0 saturated heterocycles. The van der Waals surface area contributed by atoms with E-state index >= 15 is 0 Å². The molecule has 2 N–H and O–H groups in total. The smallest absolute Gasteiger partial charge is 0.328 e. The number of amides is 1. The van der Waals surface area contributed by atoms with E-state index in [4.69, 9.17) is 4.52 Å². The maximum Gasteiger partial charge on any atom is 0.328 e. The maximum absolute atomic E-state index is 12.4. The lowest BCUT2D eigenvalue weighted by Crippen LogP contribution is -2.34. The van der Waals surface area contributed by atoms with Gasteiger partial charge in [-0.3, -0.25) is 14.2 Å². The van der Waals surface area contributed by atoms with Crippen molar-refractivity contribution >= 4 is 22.5 Å². The van der Waals surface area contributed by atoms with E-state index < -0.39 is 5.69 Å². The number of nitrogens with one attached hydrogen (secondary N) is 2. The lowest BCUT2D eigenvalue weighted by molar-refractivity contribution is 0.102. The summed E-state index contributed by atoms with van der Waals surface area (Å²) in [4.78, 5) is 39.1. The zero-order valence-corrected chi connectivity index (χ0v) is 13.5. The minimum absolute atomic E-state index is 0.276. The molecule has 124 valence electrons. The molecule has 0 unspecified atom stereocenters. The van der Waals surface area contributed by atoms with E-state index in [1.807, 2.05) is 0 Å². The van der Waals surface area contributed by atoms with Gasteiger partial charge in [0.05, 0.1) is 10.9 Å². The third kappa shape index (κ3) is 2.51. The molecule has 0 saturated carbocycles. The number of rotatable bonds is 3. The van der Waals surface area contributed by atoms with Gasteiger partial charge in [0.15, 0.2) is 5.76 Å². The first-order valence-electron chi connectivity index (χ1n) is 7.43. The van der Waals surface area contributed by atoms with Crippen molar-refractivity contribution in [1.29, 1.82) is 0 Å².